The zero-order valence-corrected chi connectivity index (χ0v) is 13.8. The summed E-state index contributed by atoms with van der Waals surface area (Å²) in [5, 5.41) is 8.77. The molecule has 1 aromatic carbocycles. The second kappa shape index (κ2) is 7.17. The van der Waals surface area contributed by atoms with E-state index in [-0.39, 0.29) is 23.6 Å². The van der Waals surface area contributed by atoms with Crippen LogP contribution in [0.1, 0.15) is 42.6 Å². The summed E-state index contributed by atoms with van der Waals surface area (Å²) in [6, 6.07) is 5.64. The zero-order valence-electron chi connectivity index (χ0n) is 13.8. The lowest BCUT2D eigenvalue weighted by Gasteiger charge is -2.14. The molecule has 23 heavy (non-hydrogen) atoms. The maximum atomic E-state index is 11.9. The number of carbonyl (C=O) groups is 2. The Bertz CT molecular complexity index is 648. The molecule has 6 heteroatoms. The summed E-state index contributed by atoms with van der Waals surface area (Å²) < 4.78 is 0. The van der Waals surface area contributed by atoms with Gasteiger partial charge < -0.3 is 21.7 Å². The minimum absolute atomic E-state index is 0.0993. The standard InChI is InChI=1S/C17H24N4O2/c1-4-19-16(22)12-5-8-14(10(2)9-12)20-11(3)15(18)17(23)21-13-6-7-13/h5,8-9,13,20H,4,6-7,18H2,1-3H3,(H,19,22)(H,21,23)/b15-11-. The molecular weight excluding hydrogens is 292 g/mol. The van der Waals surface area contributed by atoms with E-state index in [0.29, 0.717) is 17.8 Å². The highest BCUT2D eigenvalue weighted by atomic mass is 16.2. The van der Waals surface area contributed by atoms with E-state index in [0.717, 1.165) is 24.1 Å². The van der Waals surface area contributed by atoms with Gasteiger partial charge in [0, 0.05) is 29.5 Å². The van der Waals surface area contributed by atoms with Gasteiger partial charge in [-0.2, -0.15) is 0 Å². The molecule has 1 aliphatic rings. The Kier molecular flexibility index (Phi) is 5.26. The van der Waals surface area contributed by atoms with Crippen molar-refractivity contribution in [2.45, 2.75) is 39.7 Å². The van der Waals surface area contributed by atoms with Crippen LogP contribution in [0.25, 0.3) is 0 Å². The van der Waals surface area contributed by atoms with Crippen molar-refractivity contribution in [2.24, 2.45) is 5.73 Å². The van der Waals surface area contributed by atoms with E-state index in [1.807, 2.05) is 19.9 Å². The second-order valence-electron chi connectivity index (χ2n) is 5.80. The lowest BCUT2D eigenvalue weighted by Crippen LogP contribution is -2.32. The molecule has 2 rings (SSSR count). The summed E-state index contributed by atoms with van der Waals surface area (Å²) >= 11 is 0. The van der Waals surface area contributed by atoms with Gasteiger partial charge in [0.05, 0.1) is 0 Å². The summed E-state index contributed by atoms with van der Waals surface area (Å²) in [6.45, 7) is 6.13. The van der Waals surface area contributed by atoms with Crippen LogP contribution in [0.3, 0.4) is 0 Å². The maximum Gasteiger partial charge on any atom is 0.269 e. The number of benzene rings is 1. The summed E-state index contributed by atoms with van der Waals surface area (Å²) in [5.74, 6) is -0.341. The van der Waals surface area contributed by atoms with Gasteiger partial charge in [-0.3, -0.25) is 9.59 Å². The fourth-order valence-electron chi connectivity index (χ4n) is 2.14. The molecular formula is C17H24N4O2. The monoisotopic (exact) mass is 316 g/mol. The Morgan fingerprint density at radius 3 is 2.57 bits per heavy atom. The first-order valence-corrected chi connectivity index (χ1v) is 7.85. The number of aryl methyl sites for hydroxylation is 1. The number of nitrogens with two attached hydrogens (primary N) is 1. The Balaban J connectivity index is 2.09. The molecule has 1 fully saturated rings. The second-order valence-corrected chi connectivity index (χ2v) is 5.80. The summed E-state index contributed by atoms with van der Waals surface area (Å²) in [4.78, 5) is 23.8. The number of anilines is 1. The molecule has 0 saturated heterocycles. The van der Waals surface area contributed by atoms with E-state index in [2.05, 4.69) is 16.0 Å². The smallest absolute Gasteiger partial charge is 0.269 e. The Hall–Kier alpha value is -2.50. The van der Waals surface area contributed by atoms with Crippen molar-refractivity contribution in [3.63, 3.8) is 0 Å². The van der Waals surface area contributed by atoms with Crippen LogP contribution in [0.2, 0.25) is 0 Å². The Morgan fingerprint density at radius 1 is 1.30 bits per heavy atom. The largest absolute Gasteiger partial charge is 0.393 e. The van der Waals surface area contributed by atoms with E-state index >= 15 is 0 Å². The molecule has 6 nitrogen and oxygen atoms in total. The van der Waals surface area contributed by atoms with Gasteiger partial charge >= 0.3 is 0 Å². The van der Waals surface area contributed by atoms with Crippen molar-refractivity contribution < 1.29 is 9.59 Å². The van der Waals surface area contributed by atoms with Crippen LogP contribution in [0.15, 0.2) is 29.6 Å². The first-order valence-electron chi connectivity index (χ1n) is 7.85. The van der Waals surface area contributed by atoms with E-state index in [4.69, 9.17) is 5.73 Å². The summed E-state index contributed by atoms with van der Waals surface area (Å²) in [5.41, 5.74) is 9.00. The number of rotatable bonds is 6. The first kappa shape index (κ1) is 16.9. The van der Waals surface area contributed by atoms with Gasteiger partial charge in [-0.05, 0) is 57.4 Å². The first-order chi connectivity index (χ1) is 10.9. The maximum absolute atomic E-state index is 11.9. The quantitative estimate of drug-likeness (QED) is 0.600. The average molecular weight is 316 g/mol. The molecule has 124 valence electrons. The Labute approximate surface area is 136 Å². The van der Waals surface area contributed by atoms with Crippen LogP contribution in [0.5, 0.6) is 0 Å². The molecule has 0 heterocycles. The van der Waals surface area contributed by atoms with E-state index in [1.165, 1.54) is 0 Å². The SMILES string of the molecule is CCNC(=O)c1ccc(N/C(C)=C(\N)C(=O)NC2CC2)c(C)c1. The van der Waals surface area contributed by atoms with E-state index < -0.39 is 0 Å². The van der Waals surface area contributed by atoms with Gasteiger partial charge in [-0.25, -0.2) is 0 Å². The van der Waals surface area contributed by atoms with Gasteiger partial charge in [-0.15, -0.1) is 0 Å². The average Bonchev–Trinajstić information content (AvgIpc) is 3.32. The molecule has 0 aromatic heterocycles. The van der Waals surface area contributed by atoms with Crippen LogP contribution >= 0.6 is 0 Å². The normalized spacial score (nSPS) is 14.7. The Morgan fingerprint density at radius 2 is 2.00 bits per heavy atom. The summed E-state index contributed by atoms with van der Waals surface area (Å²) in [7, 11) is 0. The highest BCUT2D eigenvalue weighted by molar-refractivity contribution is 5.95. The molecule has 0 unspecified atom stereocenters. The molecule has 0 radical (unpaired) electrons. The molecule has 0 spiro atoms. The summed E-state index contributed by atoms with van der Waals surface area (Å²) in [6.07, 6.45) is 2.04. The van der Waals surface area contributed by atoms with Gasteiger partial charge in [0.1, 0.15) is 5.70 Å². The van der Waals surface area contributed by atoms with Crippen LogP contribution in [0, 0.1) is 6.92 Å². The zero-order chi connectivity index (χ0) is 17.0. The number of carbonyl (C=O) groups excluding carboxylic acids is 2. The van der Waals surface area contributed by atoms with Crippen molar-refractivity contribution in [1.82, 2.24) is 10.6 Å². The van der Waals surface area contributed by atoms with Gasteiger partial charge in [0.25, 0.3) is 11.8 Å². The third kappa shape index (κ3) is 4.48. The highest BCUT2D eigenvalue weighted by Crippen LogP contribution is 2.21. The van der Waals surface area contributed by atoms with Crippen LogP contribution in [-0.4, -0.2) is 24.4 Å². The van der Waals surface area contributed by atoms with E-state index in [1.54, 1.807) is 19.1 Å². The molecule has 2 amide bonds. The van der Waals surface area contributed by atoms with Crippen molar-refractivity contribution >= 4 is 17.5 Å². The number of allylic oxidation sites excluding steroid dienone is 1. The molecule has 0 aliphatic heterocycles. The molecule has 1 aromatic rings. The van der Waals surface area contributed by atoms with Crippen molar-refractivity contribution in [3.05, 3.63) is 40.7 Å². The van der Waals surface area contributed by atoms with Crippen molar-refractivity contribution in [2.75, 3.05) is 11.9 Å². The third-order valence-corrected chi connectivity index (χ3v) is 3.71. The van der Waals surface area contributed by atoms with Gasteiger partial charge in [0.2, 0.25) is 0 Å². The molecule has 0 atom stereocenters. The minimum Gasteiger partial charge on any atom is -0.393 e. The fourth-order valence-corrected chi connectivity index (χ4v) is 2.14. The predicted molar refractivity (Wildman–Crippen MR) is 90.9 cm³/mol. The lowest BCUT2D eigenvalue weighted by atomic mass is 10.1. The number of amides is 2. The van der Waals surface area contributed by atoms with Crippen molar-refractivity contribution in [1.29, 1.82) is 0 Å². The van der Waals surface area contributed by atoms with E-state index in [9.17, 15) is 9.59 Å². The van der Waals surface area contributed by atoms with Crippen molar-refractivity contribution in [3.8, 4) is 0 Å². The van der Waals surface area contributed by atoms with Crippen LogP contribution < -0.4 is 21.7 Å². The molecule has 1 saturated carbocycles. The fraction of sp³-hybridized carbons (Fsp3) is 0.412. The number of hydrogen-bond acceptors (Lipinski definition) is 4. The molecule has 0 bridgehead atoms. The highest BCUT2D eigenvalue weighted by Gasteiger charge is 2.24. The number of hydrogen-bond donors (Lipinski definition) is 4. The van der Waals surface area contributed by atoms with Crippen LogP contribution in [0.4, 0.5) is 5.69 Å². The van der Waals surface area contributed by atoms with Gasteiger partial charge in [0.15, 0.2) is 0 Å². The topological polar surface area (TPSA) is 96.2 Å². The van der Waals surface area contributed by atoms with Crippen LogP contribution in [-0.2, 0) is 4.79 Å². The van der Waals surface area contributed by atoms with Gasteiger partial charge in [-0.1, -0.05) is 0 Å². The lowest BCUT2D eigenvalue weighted by molar-refractivity contribution is -0.117. The minimum atomic E-state index is -0.242. The third-order valence-electron chi connectivity index (χ3n) is 3.71. The predicted octanol–water partition coefficient (Wildman–Crippen LogP) is 1.63. The molecule has 1 aliphatic carbocycles. The number of nitrogens with one attached hydrogen (secondary N) is 3. The molecule has 5 N–H and O–H groups in total.